The molecule has 1 aliphatic rings. The van der Waals surface area contributed by atoms with E-state index < -0.39 is 28.5 Å². The highest BCUT2D eigenvalue weighted by Gasteiger charge is 2.26. The molecule has 3 rings (SSSR count). The first-order valence-electron chi connectivity index (χ1n) is 9.68. The van der Waals surface area contributed by atoms with Crippen molar-refractivity contribution < 1.29 is 27.5 Å². The fourth-order valence-corrected chi connectivity index (χ4v) is 5.12. The first-order valence-corrected chi connectivity index (χ1v) is 12.1. The molecule has 0 aromatic heterocycles. The van der Waals surface area contributed by atoms with Gasteiger partial charge in [-0.3, -0.25) is 9.59 Å². The number of rotatable bonds is 8. The summed E-state index contributed by atoms with van der Waals surface area (Å²) in [4.78, 5) is 25.1. The molecule has 2 aromatic rings. The summed E-state index contributed by atoms with van der Waals surface area (Å²) in [7, 11) is -3.59. The second kappa shape index (κ2) is 10.8. The maximum absolute atomic E-state index is 12.6. The molecular formula is C21H24N2O6S2. The van der Waals surface area contributed by atoms with E-state index in [4.69, 9.17) is 9.47 Å². The first-order chi connectivity index (χ1) is 14.9. The van der Waals surface area contributed by atoms with Crippen molar-refractivity contribution in [3.63, 3.8) is 0 Å². The van der Waals surface area contributed by atoms with Crippen molar-refractivity contribution in [3.05, 3.63) is 54.1 Å². The highest BCUT2D eigenvalue weighted by Crippen LogP contribution is 2.22. The fraction of sp³-hybridized carbons (Fsp3) is 0.333. The number of hydrogen-bond donors (Lipinski definition) is 1. The molecule has 1 aliphatic heterocycles. The predicted molar refractivity (Wildman–Crippen MR) is 118 cm³/mol. The van der Waals surface area contributed by atoms with Crippen LogP contribution in [0.2, 0.25) is 0 Å². The molecule has 1 heterocycles. The zero-order valence-corrected chi connectivity index (χ0v) is 18.7. The molecule has 0 radical (unpaired) electrons. The van der Waals surface area contributed by atoms with Gasteiger partial charge in [0.15, 0.2) is 6.61 Å². The maximum Gasteiger partial charge on any atom is 0.316 e. The SMILES string of the molecule is Cc1ccccc1SCC(=O)OCC(=O)Nc1ccc(S(=O)(=O)N2CCOCC2)cc1. The molecule has 2 aromatic carbocycles. The molecule has 0 saturated carbocycles. The number of carbonyl (C=O) groups excluding carboxylic acids is 2. The number of nitrogens with one attached hydrogen (secondary N) is 1. The summed E-state index contributed by atoms with van der Waals surface area (Å²) in [5.74, 6) is -0.889. The van der Waals surface area contributed by atoms with E-state index >= 15 is 0 Å². The zero-order valence-electron chi connectivity index (χ0n) is 17.1. The molecule has 1 saturated heterocycles. The number of hydrogen-bond acceptors (Lipinski definition) is 7. The van der Waals surface area contributed by atoms with Crippen LogP contribution >= 0.6 is 11.8 Å². The van der Waals surface area contributed by atoms with E-state index in [0.717, 1.165) is 10.5 Å². The molecule has 1 N–H and O–H groups in total. The average molecular weight is 465 g/mol. The minimum absolute atomic E-state index is 0.103. The summed E-state index contributed by atoms with van der Waals surface area (Å²) in [6, 6.07) is 13.6. The molecular weight excluding hydrogens is 440 g/mol. The number of sulfonamides is 1. The number of ether oxygens (including phenoxy) is 2. The Bertz CT molecular complexity index is 1020. The normalized spacial score (nSPS) is 14.7. The van der Waals surface area contributed by atoms with Gasteiger partial charge in [-0.15, -0.1) is 11.8 Å². The lowest BCUT2D eigenvalue weighted by Crippen LogP contribution is -2.40. The molecule has 0 atom stereocenters. The summed E-state index contributed by atoms with van der Waals surface area (Å²) in [6.45, 7) is 2.91. The van der Waals surface area contributed by atoms with Gasteiger partial charge in [0, 0.05) is 23.7 Å². The number of anilines is 1. The number of morpholine rings is 1. The summed E-state index contributed by atoms with van der Waals surface area (Å²) in [5.41, 5.74) is 1.48. The van der Waals surface area contributed by atoms with Gasteiger partial charge in [-0.1, -0.05) is 18.2 Å². The van der Waals surface area contributed by atoms with Crippen LogP contribution in [0.25, 0.3) is 0 Å². The summed E-state index contributed by atoms with van der Waals surface area (Å²) in [6.07, 6.45) is 0. The topological polar surface area (TPSA) is 102 Å². The Kier molecular flexibility index (Phi) is 8.08. The van der Waals surface area contributed by atoms with Gasteiger partial charge in [0.05, 0.1) is 23.9 Å². The van der Waals surface area contributed by atoms with Crippen molar-refractivity contribution in [2.45, 2.75) is 16.7 Å². The first kappa shape index (κ1) is 23.3. The van der Waals surface area contributed by atoms with Crippen LogP contribution in [0.5, 0.6) is 0 Å². The third-order valence-electron chi connectivity index (χ3n) is 4.55. The minimum Gasteiger partial charge on any atom is -0.455 e. The molecule has 8 nitrogen and oxygen atoms in total. The van der Waals surface area contributed by atoms with Crippen molar-refractivity contribution >= 4 is 39.3 Å². The third kappa shape index (κ3) is 6.54. The van der Waals surface area contributed by atoms with Gasteiger partial charge in [-0.25, -0.2) is 8.42 Å². The van der Waals surface area contributed by atoms with Crippen LogP contribution in [0, 0.1) is 6.92 Å². The van der Waals surface area contributed by atoms with Crippen LogP contribution < -0.4 is 5.32 Å². The number of aryl methyl sites for hydroxylation is 1. The van der Waals surface area contributed by atoms with Crippen molar-refractivity contribution in [1.82, 2.24) is 4.31 Å². The smallest absolute Gasteiger partial charge is 0.316 e. The lowest BCUT2D eigenvalue weighted by molar-refractivity contribution is -0.144. The molecule has 0 aliphatic carbocycles. The molecule has 31 heavy (non-hydrogen) atoms. The van der Waals surface area contributed by atoms with E-state index in [1.807, 2.05) is 31.2 Å². The summed E-state index contributed by atoms with van der Waals surface area (Å²) in [5, 5.41) is 2.59. The second-order valence-electron chi connectivity index (χ2n) is 6.80. The number of benzene rings is 2. The summed E-state index contributed by atoms with van der Waals surface area (Å²) >= 11 is 1.35. The Balaban J connectivity index is 1.46. The van der Waals surface area contributed by atoms with Gasteiger partial charge in [-0.05, 0) is 42.8 Å². The molecule has 166 valence electrons. The highest BCUT2D eigenvalue weighted by atomic mass is 32.2. The molecule has 10 heteroatoms. The van der Waals surface area contributed by atoms with E-state index in [2.05, 4.69) is 5.32 Å². The number of carbonyl (C=O) groups is 2. The molecule has 1 amide bonds. The largest absolute Gasteiger partial charge is 0.455 e. The van der Waals surface area contributed by atoms with Crippen molar-refractivity contribution in [2.75, 3.05) is 44.0 Å². The quantitative estimate of drug-likeness (QED) is 0.472. The van der Waals surface area contributed by atoms with E-state index in [-0.39, 0.29) is 10.6 Å². The van der Waals surface area contributed by atoms with E-state index in [1.165, 1.54) is 40.3 Å². The Hall–Kier alpha value is -2.40. The fourth-order valence-electron chi connectivity index (χ4n) is 2.89. The zero-order chi connectivity index (χ0) is 22.3. The number of esters is 1. The van der Waals surface area contributed by atoms with E-state index in [1.54, 1.807) is 0 Å². The lowest BCUT2D eigenvalue weighted by Gasteiger charge is -2.26. The number of nitrogens with zero attached hydrogens (tertiary/aromatic N) is 1. The molecule has 0 unspecified atom stereocenters. The van der Waals surface area contributed by atoms with Crippen LogP contribution in [-0.4, -0.2) is 63.3 Å². The van der Waals surface area contributed by atoms with E-state index in [0.29, 0.717) is 32.0 Å². The number of amides is 1. The Labute approximate surface area is 186 Å². The van der Waals surface area contributed by atoms with Crippen LogP contribution in [0.15, 0.2) is 58.3 Å². The average Bonchev–Trinajstić information content (AvgIpc) is 2.78. The van der Waals surface area contributed by atoms with Gasteiger partial charge in [0.2, 0.25) is 10.0 Å². The van der Waals surface area contributed by atoms with Crippen molar-refractivity contribution in [1.29, 1.82) is 0 Å². The monoisotopic (exact) mass is 464 g/mol. The van der Waals surface area contributed by atoms with E-state index in [9.17, 15) is 18.0 Å². The number of thioether (sulfide) groups is 1. The van der Waals surface area contributed by atoms with Gasteiger partial charge in [0.1, 0.15) is 0 Å². The lowest BCUT2D eigenvalue weighted by atomic mass is 10.2. The Morgan fingerprint density at radius 3 is 2.45 bits per heavy atom. The van der Waals surface area contributed by atoms with Crippen molar-refractivity contribution in [2.24, 2.45) is 0 Å². The Morgan fingerprint density at radius 2 is 1.77 bits per heavy atom. The summed E-state index contributed by atoms with van der Waals surface area (Å²) < 4.78 is 36.8. The van der Waals surface area contributed by atoms with Crippen molar-refractivity contribution in [3.8, 4) is 0 Å². The second-order valence-corrected chi connectivity index (χ2v) is 9.76. The maximum atomic E-state index is 12.6. The Morgan fingerprint density at radius 1 is 1.10 bits per heavy atom. The third-order valence-corrected chi connectivity index (χ3v) is 7.61. The standard InChI is InChI=1S/C21H24N2O6S2/c1-16-4-2-3-5-19(16)30-15-21(25)29-14-20(24)22-17-6-8-18(9-7-17)31(26,27)23-10-12-28-13-11-23/h2-9H,10-15H2,1H3,(H,22,24). The highest BCUT2D eigenvalue weighted by molar-refractivity contribution is 8.00. The predicted octanol–water partition coefficient (Wildman–Crippen LogP) is 2.29. The van der Waals surface area contributed by atoms with Crippen LogP contribution in [0.1, 0.15) is 5.56 Å². The molecule has 0 bridgehead atoms. The molecule has 0 spiro atoms. The van der Waals surface area contributed by atoms with Gasteiger partial charge in [0.25, 0.3) is 5.91 Å². The minimum atomic E-state index is -3.59. The van der Waals surface area contributed by atoms with Gasteiger partial charge in [-0.2, -0.15) is 4.31 Å². The van der Waals surface area contributed by atoms with Crippen LogP contribution in [-0.2, 0) is 29.1 Å². The van der Waals surface area contributed by atoms with Crippen LogP contribution in [0.3, 0.4) is 0 Å². The molecule has 1 fully saturated rings. The van der Waals surface area contributed by atoms with Gasteiger partial charge < -0.3 is 14.8 Å². The van der Waals surface area contributed by atoms with Crippen LogP contribution in [0.4, 0.5) is 5.69 Å². The van der Waals surface area contributed by atoms with Gasteiger partial charge >= 0.3 is 5.97 Å².